The molecule has 1 unspecified atom stereocenters. The molecule has 1 spiro atoms. The molecular formula is C14H20N4O2. The van der Waals surface area contributed by atoms with Crippen LogP contribution in [0.1, 0.15) is 39.5 Å². The molecule has 108 valence electrons. The lowest BCUT2D eigenvalue weighted by atomic mass is 9.66. The average molecular weight is 276 g/mol. The quantitative estimate of drug-likeness (QED) is 0.627. The minimum Gasteiger partial charge on any atom is -0.336 e. The van der Waals surface area contributed by atoms with Crippen molar-refractivity contribution in [2.45, 2.75) is 45.6 Å². The molecule has 1 aromatic rings. The van der Waals surface area contributed by atoms with Gasteiger partial charge in [0.1, 0.15) is 12.4 Å². The molecule has 1 aliphatic carbocycles. The van der Waals surface area contributed by atoms with Crippen LogP contribution in [0.2, 0.25) is 0 Å². The topological polar surface area (TPSA) is 72.2 Å². The van der Waals surface area contributed by atoms with Crippen LogP contribution >= 0.6 is 0 Å². The van der Waals surface area contributed by atoms with Gasteiger partial charge in [-0.25, -0.2) is 9.97 Å². The van der Waals surface area contributed by atoms with Gasteiger partial charge in [0, 0.05) is 18.0 Å². The SMILES string of the molecule is CC(C)C1N(c2ncc([N+](=O)[O-])cn2)CC12CCCC2. The fourth-order valence-corrected chi connectivity index (χ4v) is 4.10. The van der Waals surface area contributed by atoms with Gasteiger partial charge in [-0.2, -0.15) is 0 Å². The molecule has 0 aromatic carbocycles. The molecule has 20 heavy (non-hydrogen) atoms. The maximum absolute atomic E-state index is 10.7. The van der Waals surface area contributed by atoms with Gasteiger partial charge in [-0.3, -0.25) is 10.1 Å². The summed E-state index contributed by atoms with van der Waals surface area (Å²) in [6.45, 7) is 5.47. The Morgan fingerprint density at radius 2 is 1.95 bits per heavy atom. The second-order valence-electron chi connectivity index (χ2n) is 6.38. The van der Waals surface area contributed by atoms with Crippen LogP contribution in [0.25, 0.3) is 0 Å². The maximum Gasteiger partial charge on any atom is 0.305 e. The molecule has 1 saturated carbocycles. The van der Waals surface area contributed by atoms with Crippen LogP contribution in [0.5, 0.6) is 0 Å². The highest BCUT2D eigenvalue weighted by molar-refractivity contribution is 5.42. The van der Waals surface area contributed by atoms with Crippen molar-refractivity contribution in [1.82, 2.24) is 9.97 Å². The number of hydrogen-bond acceptors (Lipinski definition) is 5. The average Bonchev–Trinajstić information content (AvgIpc) is 2.86. The Labute approximate surface area is 118 Å². The summed E-state index contributed by atoms with van der Waals surface area (Å²) < 4.78 is 0. The Bertz CT molecular complexity index is 508. The highest BCUT2D eigenvalue weighted by atomic mass is 16.6. The lowest BCUT2D eigenvalue weighted by Crippen LogP contribution is -2.66. The number of hydrogen-bond donors (Lipinski definition) is 0. The van der Waals surface area contributed by atoms with Gasteiger partial charge >= 0.3 is 5.69 Å². The summed E-state index contributed by atoms with van der Waals surface area (Å²) in [7, 11) is 0. The predicted octanol–water partition coefficient (Wildman–Crippen LogP) is 2.79. The second-order valence-corrected chi connectivity index (χ2v) is 6.38. The molecule has 1 aliphatic heterocycles. The van der Waals surface area contributed by atoms with Crippen molar-refractivity contribution in [3.05, 3.63) is 22.5 Å². The van der Waals surface area contributed by atoms with Gasteiger partial charge in [0.2, 0.25) is 5.95 Å². The van der Waals surface area contributed by atoms with Gasteiger partial charge in [0.15, 0.2) is 0 Å². The monoisotopic (exact) mass is 276 g/mol. The van der Waals surface area contributed by atoms with Gasteiger partial charge in [-0.1, -0.05) is 26.7 Å². The van der Waals surface area contributed by atoms with Gasteiger partial charge in [0.25, 0.3) is 0 Å². The van der Waals surface area contributed by atoms with Gasteiger partial charge in [-0.05, 0) is 18.8 Å². The first kappa shape index (κ1) is 13.3. The number of nitrogens with zero attached hydrogens (tertiary/aromatic N) is 4. The van der Waals surface area contributed by atoms with Crippen LogP contribution in [0.15, 0.2) is 12.4 Å². The molecular weight excluding hydrogens is 256 g/mol. The van der Waals surface area contributed by atoms with Crippen LogP contribution in [0.4, 0.5) is 11.6 Å². The van der Waals surface area contributed by atoms with Crippen molar-refractivity contribution in [1.29, 1.82) is 0 Å². The lowest BCUT2D eigenvalue weighted by Gasteiger charge is -2.58. The van der Waals surface area contributed by atoms with Crippen LogP contribution < -0.4 is 4.90 Å². The smallest absolute Gasteiger partial charge is 0.305 e. The third-order valence-electron chi connectivity index (χ3n) is 4.77. The van der Waals surface area contributed by atoms with Crippen LogP contribution in [0, 0.1) is 21.4 Å². The Morgan fingerprint density at radius 1 is 1.35 bits per heavy atom. The van der Waals surface area contributed by atoms with Crippen molar-refractivity contribution in [2.24, 2.45) is 11.3 Å². The molecule has 0 N–H and O–H groups in total. The molecule has 2 fully saturated rings. The van der Waals surface area contributed by atoms with Crippen LogP contribution in [0.3, 0.4) is 0 Å². The molecule has 0 amide bonds. The molecule has 0 bridgehead atoms. The molecule has 1 saturated heterocycles. The molecule has 1 aromatic heterocycles. The summed E-state index contributed by atoms with van der Waals surface area (Å²) in [5.74, 6) is 1.17. The molecule has 2 heterocycles. The summed E-state index contributed by atoms with van der Waals surface area (Å²) in [5, 5.41) is 10.7. The zero-order chi connectivity index (χ0) is 14.3. The van der Waals surface area contributed by atoms with Gasteiger partial charge < -0.3 is 4.90 Å². The van der Waals surface area contributed by atoms with E-state index in [1.165, 1.54) is 38.1 Å². The van der Waals surface area contributed by atoms with E-state index in [0.717, 1.165) is 6.54 Å². The van der Waals surface area contributed by atoms with E-state index in [2.05, 4.69) is 28.7 Å². The van der Waals surface area contributed by atoms with Gasteiger partial charge in [-0.15, -0.1) is 0 Å². The zero-order valence-electron chi connectivity index (χ0n) is 12.0. The molecule has 6 heteroatoms. The normalized spacial score (nSPS) is 24.1. The Kier molecular flexibility index (Phi) is 3.11. The fourth-order valence-electron chi connectivity index (χ4n) is 4.10. The number of anilines is 1. The van der Waals surface area contributed by atoms with Crippen LogP contribution in [-0.4, -0.2) is 27.5 Å². The van der Waals surface area contributed by atoms with Crippen molar-refractivity contribution in [3.8, 4) is 0 Å². The Hall–Kier alpha value is -1.72. The van der Waals surface area contributed by atoms with E-state index in [0.29, 0.717) is 23.3 Å². The highest BCUT2D eigenvalue weighted by Gasteiger charge is 2.55. The first-order valence-electron chi connectivity index (χ1n) is 7.27. The minimum atomic E-state index is -0.460. The van der Waals surface area contributed by atoms with E-state index >= 15 is 0 Å². The summed E-state index contributed by atoms with van der Waals surface area (Å²) in [6, 6.07) is 0.464. The molecule has 2 aliphatic rings. The molecule has 3 rings (SSSR count). The van der Waals surface area contributed by atoms with Crippen molar-refractivity contribution in [3.63, 3.8) is 0 Å². The second kappa shape index (κ2) is 4.68. The minimum absolute atomic E-state index is 0.0500. The number of nitro groups is 1. The van der Waals surface area contributed by atoms with Crippen molar-refractivity contribution in [2.75, 3.05) is 11.4 Å². The summed E-state index contributed by atoms with van der Waals surface area (Å²) in [6.07, 6.45) is 7.83. The third-order valence-corrected chi connectivity index (χ3v) is 4.77. The number of aromatic nitrogens is 2. The standard InChI is InChI=1S/C14H20N4O2/c1-10(2)12-14(5-3-4-6-14)9-17(12)13-15-7-11(8-16-13)18(19)20/h7-8,10,12H,3-6,9H2,1-2H3. The Morgan fingerprint density at radius 3 is 2.45 bits per heavy atom. The zero-order valence-corrected chi connectivity index (χ0v) is 12.0. The maximum atomic E-state index is 10.7. The summed E-state index contributed by atoms with van der Waals surface area (Å²) in [5.41, 5.74) is 0.380. The van der Waals surface area contributed by atoms with E-state index < -0.39 is 4.92 Å². The molecule has 0 radical (unpaired) electrons. The first-order chi connectivity index (χ1) is 9.53. The fraction of sp³-hybridized carbons (Fsp3) is 0.714. The molecule has 6 nitrogen and oxygen atoms in total. The lowest BCUT2D eigenvalue weighted by molar-refractivity contribution is -0.385. The van der Waals surface area contributed by atoms with E-state index in [9.17, 15) is 10.1 Å². The third kappa shape index (κ3) is 1.94. The van der Waals surface area contributed by atoms with Crippen molar-refractivity contribution < 1.29 is 4.92 Å². The highest BCUT2D eigenvalue weighted by Crippen LogP contribution is 2.53. The Balaban J connectivity index is 1.82. The summed E-state index contributed by atoms with van der Waals surface area (Å²) in [4.78, 5) is 20.8. The van der Waals surface area contributed by atoms with Crippen molar-refractivity contribution >= 4 is 11.6 Å². The van der Waals surface area contributed by atoms with E-state index in [1.807, 2.05) is 0 Å². The van der Waals surface area contributed by atoms with E-state index in [1.54, 1.807) is 0 Å². The van der Waals surface area contributed by atoms with Gasteiger partial charge in [0.05, 0.1) is 4.92 Å². The van der Waals surface area contributed by atoms with Crippen LogP contribution in [-0.2, 0) is 0 Å². The first-order valence-corrected chi connectivity index (χ1v) is 7.27. The summed E-state index contributed by atoms with van der Waals surface area (Å²) >= 11 is 0. The number of rotatable bonds is 3. The predicted molar refractivity (Wildman–Crippen MR) is 75.6 cm³/mol. The largest absolute Gasteiger partial charge is 0.336 e. The molecule has 1 atom stereocenters. The van der Waals surface area contributed by atoms with E-state index in [4.69, 9.17) is 0 Å². The van der Waals surface area contributed by atoms with E-state index in [-0.39, 0.29) is 5.69 Å².